The minimum Gasteiger partial charge on any atom is -0.497 e. The van der Waals surface area contributed by atoms with Gasteiger partial charge in [0.25, 0.3) is 25.7 Å². The molecule has 0 aliphatic heterocycles. The van der Waals surface area contributed by atoms with Gasteiger partial charge in [0, 0.05) is 64.8 Å². The van der Waals surface area contributed by atoms with Gasteiger partial charge in [-0.1, -0.05) is 65.1 Å². The molecule has 110 heavy (non-hydrogen) atoms. The van der Waals surface area contributed by atoms with E-state index < -0.39 is 48.8 Å². The lowest BCUT2D eigenvalue weighted by atomic mass is 10.1. The normalized spacial score (nSPS) is 10.6. The molecule has 0 bridgehead atoms. The number of nitriles is 2. The molecule has 4 aromatic carbocycles. The molecule has 0 aliphatic rings. The number of aromatic carboxylic acids is 1. The third-order valence-electron chi connectivity index (χ3n) is 15.4. The molecule has 10 N–H and O–H groups in total. The molecule has 0 spiro atoms. The number of hydrogen-bond acceptors (Lipinski definition) is 24. The van der Waals surface area contributed by atoms with Gasteiger partial charge in [0.05, 0.1) is 69.9 Å². The maximum Gasteiger partial charge on any atom is 0.350 e. The van der Waals surface area contributed by atoms with Gasteiger partial charge in [-0.3, -0.25) is 4.79 Å². The summed E-state index contributed by atoms with van der Waals surface area (Å²) < 4.78 is 135. The van der Waals surface area contributed by atoms with E-state index in [0.717, 1.165) is 96.7 Å². The van der Waals surface area contributed by atoms with Crippen molar-refractivity contribution in [2.24, 2.45) is 5.73 Å². The second-order valence-corrected chi connectivity index (χ2v) is 26.0. The molecule has 0 aliphatic carbocycles. The first-order valence-corrected chi connectivity index (χ1v) is 35.7. The van der Waals surface area contributed by atoms with Crippen LogP contribution in [0.15, 0.2) is 97.1 Å². The molecule has 0 amide bonds. The van der Waals surface area contributed by atoms with E-state index in [2.05, 4.69) is 53.3 Å². The number of benzene rings is 4. The van der Waals surface area contributed by atoms with Gasteiger partial charge in [-0.15, -0.1) is 22.7 Å². The van der Waals surface area contributed by atoms with Gasteiger partial charge in [0.2, 0.25) is 0 Å². The van der Waals surface area contributed by atoms with E-state index in [-0.39, 0.29) is 115 Å². The summed E-state index contributed by atoms with van der Waals surface area (Å²) >= 11 is 22.0. The zero-order chi connectivity index (χ0) is 81.8. The number of fused-ring (bicyclic) bond motifs is 2. The average molecular weight is 1650 g/mol. The molecule has 0 fully saturated rings. The number of aryl methyl sites for hydroxylation is 4. The molecule has 0 saturated carbocycles. The molecule has 0 atom stereocenters. The van der Waals surface area contributed by atoms with Crippen LogP contribution in [0.4, 0.5) is 64.0 Å². The number of pyridine rings is 4. The van der Waals surface area contributed by atoms with Gasteiger partial charge in [0.15, 0.2) is 0 Å². The Kier molecular flexibility index (Phi) is 35.9. The SMILES string of the molecule is CCOC(=O)CS.CCOC(=O)c1sc2nc(NCc3ccc(OC)cc3C)cc(C(F)F)c2c1N.COc1cc(C)ccc1CN.COc1ccc(CNc2cc(C(F)F)c(C#N)c(Cl)n2)c(C)c1.COc1ccc(CNc2cc(C(F)F)c3c(N)c(C(=O)O)sc3n2)c(C)c1.N#Cc1c(C(F)F)cc(Cl)nc1Cl. The van der Waals surface area contributed by atoms with E-state index in [1.54, 1.807) is 48.4 Å². The highest BCUT2D eigenvalue weighted by atomic mass is 35.5. The van der Waals surface area contributed by atoms with Gasteiger partial charge < -0.3 is 66.7 Å². The number of nitrogen functional groups attached to an aromatic ring is 2. The predicted octanol–water partition coefficient (Wildman–Crippen LogP) is 19.0. The average Bonchev–Trinajstić information content (AvgIpc) is 1.62. The highest BCUT2D eigenvalue weighted by molar-refractivity contribution is 7.81. The Bertz CT molecular complexity index is 4940. The smallest absolute Gasteiger partial charge is 0.350 e. The summed E-state index contributed by atoms with van der Waals surface area (Å²) in [6.45, 7) is 13.5. The molecule has 10 rings (SSSR count). The Morgan fingerprint density at radius 1 is 0.536 bits per heavy atom. The van der Waals surface area contributed by atoms with E-state index >= 15 is 0 Å². The molecule has 36 heteroatoms. The number of thiol groups is 1. The number of carboxylic acids is 1. The van der Waals surface area contributed by atoms with Crippen molar-refractivity contribution in [1.82, 2.24) is 19.9 Å². The number of hydrogen-bond donors (Lipinski definition) is 8. The van der Waals surface area contributed by atoms with Crippen molar-refractivity contribution in [1.29, 1.82) is 10.5 Å². The molecule has 22 nitrogen and oxygen atoms in total. The number of esters is 2. The standard InChI is InChI=1S/C20H21F2N3O3S.C18H17F2N3O3S.C16H14ClF2N3O.C9H13NO.C7H2Cl2F2N2.C4H8O2S/c1-4-28-20(26)17-16(23)15-13(18(21)22)8-14(25-19(15)29-17)24-9-11-5-6-12(27-3)7-10(11)2;1-8-5-10(26-2)4-3-9(8)7-22-12-6-11(16(19)20)13-14(21)15(18(24)25)27-17(13)23-12;1-9-5-11(23-2)4-3-10(9)8-21-14-6-12(16(18)19)13(7-20)15(17)22-14;1-7-3-4-8(6-10)9(5-7)11-2;8-5-1-3(7(10)11)4(2-12)6(9)13-5;1-2-6-4(5)3-7/h5-8,18H,4,9,23H2,1-3H3,(H,24,25);3-6,16H,7,21H2,1-2H3,(H,22,23)(H,24,25);3-6,16H,8H2,1-2H3,(H,21,22);3-5H,6,10H2,1-2H3;1,7H;7H,2-3H2,1H3. The largest absolute Gasteiger partial charge is 0.497 e. The van der Waals surface area contributed by atoms with Crippen LogP contribution in [0.5, 0.6) is 23.0 Å². The first kappa shape index (κ1) is 90.2. The van der Waals surface area contributed by atoms with Gasteiger partial charge in [-0.05, 0) is 147 Å². The first-order valence-electron chi connectivity index (χ1n) is 32.3. The molecule has 0 unspecified atom stereocenters. The van der Waals surface area contributed by atoms with Crippen molar-refractivity contribution in [2.45, 2.75) is 93.4 Å². The van der Waals surface area contributed by atoms with Crippen molar-refractivity contribution >= 4 is 137 Å². The van der Waals surface area contributed by atoms with Crippen LogP contribution in [0.1, 0.15) is 137 Å². The third kappa shape index (κ3) is 25.1. The van der Waals surface area contributed by atoms with Crippen LogP contribution in [0, 0.1) is 50.4 Å². The minimum atomic E-state index is -2.81. The minimum absolute atomic E-state index is 0.00132. The van der Waals surface area contributed by atoms with Crippen LogP contribution >= 0.6 is 70.1 Å². The topological polar surface area (TPSA) is 340 Å². The van der Waals surface area contributed by atoms with Crippen molar-refractivity contribution in [2.75, 3.05) is 74.8 Å². The Labute approximate surface area is 656 Å². The van der Waals surface area contributed by atoms with E-state index in [0.29, 0.717) is 32.8 Å². The second kappa shape index (κ2) is 43.7. The Morgan fingerprint density at radius 2 is 0.918 bits per heavy atom. The maximum atomic E-state index is 13.7. The number of halogens is 11. The monoisotopic (exact) mass is 1640 g/mol. The Hall–Kier alpha value is -10.4. The van der Waals surface area contributed by atoms with Gasteiger partial charge in [-0.25, -0.2) is 64.6 Å². The van der Waals surface area contributed by atoms with Crippen molar-refractivity contribution in [3.8, 4) is 35.1 Å². The van der Waals surface area contributed by atoms with Crippen molar-refractivity contribution in [3.63, 3.8) is 0 Å². The number of carbonyl (C=O) groups is 3. The summed E-state index contributed by atoms with van der Waals surface area (Å²) in [6, 6.07) is 30.5. The molecule has 6 aromatic heterocycles. The van der Waals surface area contributed by atoms with E-state index in [4.69, 9.17) is 86.2 Å². The number of alkyl halides is 8. The van der Waals surface area contributed by atoms with Gasteiger partial charge in [-0.2, -0.15) is 23.2 Å². The predicted molar refractivity (Wildman–Crippen MR) is 415 cm³/mol. The summed E-state index contributed by atoms with van der Waals surface area (Å²) in [5.41, 5.74) is 23.0. The highest BCUT2D eigenvalue weighted by Crippen LogP contribution is 2.42. The van der Waals surface area contributed by atoms with Crippen LogP contribution in [0.3, 0.4) is 0 Å². The lowest BCUT2D eigenvalue weighted by Gasteiger charge is -2.12. The quantitative estimate of drug-likeness (QED) is 0.0128. The number of methoxy groups -OCH3 is 4. The lowest BCUT2D eigenvalue weighted by molar-refractivity contribution is -0.139. The second-order valence-electron chi connectivity index (χ2n) is 22.6. The van der Waals surface area contributed by atoms with E-state index in [9.17, 15) is 54.6 Å². The molecular formula is C74H75Cl3F8N12O10S3. The maximum absolute atomic E-state index is 13.7. The number of nitrogens with zero attached hydrogens (tertiary/aromatic N) is 6. The fraction of sp³-hybridized carbons (Fsp3) is 0.284. The van der Waals surface area contributed by atoms with Crippen molar-refractivity contribution < 1.29 is 83.0 Å². The third-order valence-corrected chi connectivity index (χ3v) is 18.6. The van der Waals surface area contributed by atoms with Crippen molar-refractivity contribution in [3.05, 3.63) is 200 Å². The summed E-state index contributed by atoms with van der Waals surface area (Å²) in [7, 11) is 6.42. The van der Waals surface area contributed by atoms with E-state index in [1.165, 1.54) is 23.8 Å². The fourth-order valence-electron chi connectivity index (χ4n) is 9.79. The summed E-state index contributed by atoms with van der Waals surface area (Å²) in [5.74, 6) is 1.80. The number of rotatable bonds is 23. The summed E-state index contributed by atoms with van der Waals surface area (Å²) in [4.78, 5) is 49.8. The zero-order valence-corrected chi connectivity index (χ0v) is 65.3. The first-order chi connectivity index (χ1) is 52.3. The summed E-state index contributed by atoms with van der Waals surface area (Å²) in [6.07, 6.45) is -11.2. The highest BCUT2D eigenvalue weighted by Gasteiger charge is 2.27. The van der Waals surface area contributed by atoms with Crippen LogP contribution in [0.2, 0.25) is 15.5 Å². The fourth-order valence-corrected chi connectivity index (χ4v) is 12.6. The number of anilines is 5. The molecular weight excluding hydrogens is 1570 g/mol. The summed E-state index contributed by atoms with van der Waals surface area (Å²) in [5, 5.41) is 35.0. The Balaban J connectivity index is 0.000000249. The number of nitrogens with one attached hydrogen (secondary N) is 3. The molecule has 586 valence electrons. The Morgan fingerprint density at radius 3 is 1.27 bits per heavy atom. The number of carbonyl (C=O) groups excluding carboxylic acids is 2. The molecule has 6 heterocycles. The molecule has 10 aromatic rings. The van der Waals surface area contributed by atoms with Crippen LogP contribution < -0.4 is 52.1 Å². The number of nitrogens with two attached hydrogens (primary N) is 3. The number of carboxylic acid groups (broad SMARTS) is 1. The molecule has 0 radical (unpaired) electrons. The van der Waals surface area contributed by atoms with Crippen LogP contribution in [0.25, 0.3) is 20.4 Å². The van der Waals surface area contributed by atoms with Crippen LogP contribution in [-0.4, -0.2) is 90.4 Å². The number of aromatic nitrogens is 4. The lowest BCUT2D eigenvalue weighted by Crippen LogP contribution is -2.05. The number of thiophene rings is 2. The molecule has 0 saturated heterocycles. The zero-order valence-electron chi connectivity index (χ0n) is 60.5. The number of ether oxygens (including phenoxy) is 6. The van der Waals surface area contributed by atoms with Crippen LogP contribution in [-0.2, 0) is 40.4 Å². The van der Waals surface area contributed by atoms with Gasteiger partial charge >= 0.3 is 17.9 Å². The van der Waals surface area contributed by atoms with Gasteiger partial charge in [0.1, 0.15) is 87.5 Å². The van der Waals surface area contributed by atoms with E-state index in [1.807, 2.05) is 100 Å².